The first-order valence-electron chi connectivity index (χ1n) is 11.4. The molecule has 0 fully saturated rings. The molecule has 0 N–H and O–H groups in total. The van der Waals surface area contributed by atoms with Crippen LogP contribution in [0.2, 0.25) is 0 Å². The zero-order valence-electron chi connectivity index (χ0n) is 19.5. The van der Waals surface area contributed by atoms with Gasteiger partial charge in [0, 0.05) is 0 Å². The van der Waals surface area contributed by atoms with Crippen molar-refractivity contribution in [1.29, 1.82) is 0 Å². The molecule has 0 spiro atoms. The zero-order chi connectivity index (χ0) is 20.0. The van der Waals surface area contributed by atoms with Crippen LogP contribution in [0.5, 0.6) is 0 Å². The Bertz CT molecular complexity index is 285. The van der Waals surface area contributed by atoms with Crippen LogP contribution in [0.15, 0.2) is 0 Å². The van der Waals surface area contributed by atoms with E-state index in [1.54, 1.807) is 0 Å². The second-order valence-electron chi connectivity index (χ2n) is 7.91. The summed E-state index contributed by atoms with van der Waals surface area (Å²) in [4.78, 5) is 0. The number of unbranched alkanes of at least 4 members (excludes halogenated alkanes) is 3. The summed E-state index contributed by atoms with van der Waals surface area (Å²) >= 11 is 0. The molecule has 5 heteroatoms. The Kier molecular flexibility index (Phi) is 15.4. The fourth-order valence-corrected chi connectivity index (χ4v) is 9.80. The van der Waals surface area contributed by atoms with Crippen LogP contribution in [0.4, 0.5) is 0 Å². The Morgan fingerprint density at radius 3 is 1.00 bits per heavy atom. The Morgan fingerprint density at radius 2 is 0.769 bits per heavy atom. The van der Waals surface area contributed by atoms with E-state index >= 15 is 0 Å². The monoisotopic (exact) mass is 390 g/mol. The summed E-state index contributed by atoms with van der Waals surface area (Å²) in [7, 11) is 5.17. The second kappa shape index (κ2) is 15.2. The van der Waals surface area contributed by atoms with Crippen LogP contribution in [0.3, 0.4) is 0 Å². The molecule has 0 bridgehead atoms. The Morgan fingerprint density at radius 1 is 0.462 bits per heavy atom. The van der Waals surface area contributed by atoms with Gasteiger partial charge in [0.05, 0.1) is 0 Å². The van der Waals surface area contributed by atoms with E-state index in [0.29, 0.717) is 0 Å². The topological polar surface area (TPSA) is 13.0 Å². The molecule has 4 nitrogen and oxygen atoms in total. The van der Waals surface area contributed by atoms with Crippen molar-refractivity contribution in [2.45, 2.75) is 86.0 Å². The zero-order valence-corrected chi connectivity index (χ0v) is 20.5. The van der Waals surface area contributed by atoms with E-state index < -0.39 is 7.87 Å². The van der Waals surface area contributed by atoms with Crippen LogP contribution in [0.1, 0.15) is 86.0 Å². The maximum absolute atomic E-state index is 2.88. The van der Waals surface area contributed by atoms with Gasteiger partial charge in [0.1, 0.15) is 0 Å². The number of nitrogens with zero attached hydrogens (tertiary/aromatic N) is 4. The summed E-state index contributed by atoms with van der Waals surface area (Å²) in [5.74, 6) is 0. The molecule has 0 radical (unpaired) electrons. The van der Waals surface area contributed by atoms with Crippen LogP contribution < -0.4 is 0 Å². The molecule has 0 rings (SSSR count). The van der Waals surface area contributed by atoms with E-state index in [1.165, 1.54) is 84.1 Å². The van der Waals surface area contributed by atoms with Crippen LogP contribution >= 0.6 is 7.87 Å². The van der Waals surface area contributed by atoms with E-state index in [0.717, 1.165) is 0 Å². The summed E-state index contributed by atoms with van der Waals surface area (Å²) in [5.41, 5.74) is 0. The van der Waals surface area contributed by atoms with E-state index in [9.17, 15) is 0 Å². The normalized spacial score (nSPS) is 13.5. The molecule has 0 aliphatic rings. The predicted molar refractivity (Wildman–Crippen MR) is 123 cm³/mol. The van der Waals surface area contributed by atoms with Crippen molar-refractivity contribution >= 4 is 7.87 Å². The average molecular weight is 391 g/mol. The molecule has 0 aromatic heterocycles. The molecule has 0 unspecified atom stereocenters. The fraction of sp³-hybridized carbons (Fsp3) is 1.00. The molecule has 26 heavy (non-hydrogen) atoms. The van der Waals surface area contributed by atoms with Crippen molar-refractivity contribution in [3.05, 3.63) is 0 Å². The summed E-state index contributed by atoms with van der Waals surface area (Å²) in [6.45, 7) is 17.7. The molecular weight excluding hydrogens is 339 g/mol. The molecule has 0 saturated carbocycles. The van der Waals surface area contributed by atoms with Gasteiger partial charge in [-0.2, -0.15) is 0 Å². The van der Waals surface area contributed by atoms with Gasteiger partial charge in [0.2, 0.25) is 0 Å². The minimum atomic E-state index is -2.06. The van der Waals surface area contributed by atoms with Crippen molar-refractivity contribution in [3.8, 4) is 0 Å². The number of rotatable bonds is 17. The van der Waals surface area contributed by atoms with Crippen LogP contribution in [0, 0.1) is 0 Å². The summed E-state index contributed by atoms with van der Waals surface area (Å²) in [6.07, 6.45) is 10.2. The first-order valence-corrected chi connectivity index (χ1v) is 13.1. The molecule has 0 aromatic carbocycles. The molecule has 0 heterocycles. The molecular formula is C21H51N4P. The van der Waals surface area contributed by atoms with Crippen molar-refractivity contribution in [3.63, 3.8) is 0 Å². The van der Waals surface area contributed by atoms with Gasteiger partial charge < -0.3 is 0 Å². The van der Waals surface area contributed by atoms with Gasteiger partial charge in [-0.3, -0.25) is 0 Å². The van der Waals surface area contributed by atoms with Gasteiger partial charge >= 0.3 is 166 Å². The van der Waals surface area contributed by atoms with Gasteiger partial charge in [-0.1, -0.05) is 0 Å². The van der Waals surface area contributed by atoms with E-state index in [4.69, 9.17) is 0 Å². The fourth-order valence-electron chi connectivity index (χ4n) is 4.19. The first kappa shape index (κ1) is 26.3. The number of hydrogen-bond acceptors (Lipinski definition) is 4. The third kappa shape index (κ3) is 7.36. The van der Waals surface area contributed by atoms with Crippen molar-refractivity contribution in [1.82, 2.24) is 18.7 Å². The summed E-state index contributed by atoms with van der Waals surface area (Å²) in [5, 5.41) is 0. The van der Waals surface area contributed by atoms with Gasteiger partial charge in [0.15, 0.2) is 0 Å². The van der Waals surface area contributed by atoms with Gasteiger partial charge in [-0.15, -0.1) is 0 Å². The van der Waals surface area contributed by atoms with Crippen LogP contribution in [-0.2, 0) is 0 Å². The molecule has 0 atom stereocenters. The second-order valence-corrected chi connectivity index (χ2v) is 12.0. The third-order valence-electron chi connectivity index (χ3n) is 5.49. The number of hydrogen-bond donors (Lipinski definition) is 0. The standard InChI is InChI=1S/C21H51N4P/c1-9-14-19-22(6)26(23(7)20-15-10-2,24(8)21-16-11-3)25(17-12-4)18-13-5/h26H,9-21H2,1-8H3. The minimum absolute atomic E-state index is 1.21. The van der Waals surface area contributed by atoms with Crippen molar-refractivity contribution < 1.29 is 0 Å². The summed E-state index contributed by atoms with van der Waals surface area (Å²) in [6, 6.07) is 0. The van der Waals surface area contributed by atoms with E-state index in [1.807, 2.05) is 0 Å². The molecule has 0 aromatic rings. The average Bonchev–Trinajstić information content (AvgIpc) is 2.63. The Balaban J connectivity index is 5.99. The van der Waals surface area contributed by atoms with Gasteiger partial charge in [-0.25, -0.2) is 0 Å². The molecule has 0 amide bonds. The predicted octanol–water partition coefficient (Wildman–Crippen LogP) is 5.71. The Hall–Kier alpha value is 0.270. The molecule has 0 aliphatic heterocycles. The quantitative estimate of drug-likeness (QED) is 0.295. The third-order valence-corrected chi connectivity index (χ3v) is 10.5. The van der Waals surface area contributed by atoms with E-state index in [-0.39, 0.29) is 0 Å². The van der Waals surface area contributed by atoms with E-state index in [2.05, 4.69) is 74.4 Å². The molecule has 160 valence electrons. The van der Waals surface area contributed by atoms with Crippen LogP contribution in [0.25, 0.3) is 0 Å². The van der Waals surface area contributed by atoms with Crippen LogP contribution in [-0.4, -0.2) is 72.5 Å². The maximum atomic E-state index is 2.88. The first-order chi connectivity index (χ1) is 12.5. The molecule has 0 aliphatic carbocycles. The SMILES string of the molecule is CCCCN(C)[PH](N(C)CCCC)(N(C)CCCC)N(CCC)CCC. The van der Waals surface area contributed by atoms with Crippen molar-refractivity contribution in [2.24, 2.45) is 0 Å². The van der Waals surface area contributed by atoms with Gasteiger partial charge in [-0.05, 0) is 0 Å². The Labute approximate surface area is 166 Å². The van der Waals surface area contributed by atoms with Gasteiger partial charge in [0.25, 0.3) is 0 Å². The molecule has 0 saturated heterocycles. The summed E-state index contributed by atoms with van der Waals surface area (Å²) < 4.78 is 11.2. The van der Waals surface area contributed by atoms with Crippen molar-refractivity contribution in [2.75, 3.05) is 53.9 Å².